The maximum absolute atomic E-state index is 11.6. The fourth-order valence-corrected chi connectivity index (χ4v) is 2.88. The van der Waals surface area contributed by atoms with Crippen LogP contribution in [0.5, 0.6) is 0 Å². The summed E-state index contributed by atoms with van der Waals surface area (Å²) in [6.45, 7) is 1.62. The highest BCUT2D eigenvalue weighted by Crippen LogP contribution is 2.31. The van der Waals surface area contributed by atoms with Crippen LogP contribution in [0.4, 0.5) is 5.69 Å². The third-order valence-corrected chi connectivity index (χ3v) is 4.55. The molecule has 0 radical (unpaired) electrons. The molecule has 0 atom stereocenters. The highest BCUT2D eigenvalue weighted by Gasteiger charge is 2.11. The number of thiophene rings is 1. The Hall–Kier alpha value is -1.33. The lowest BCUT2D eigenvalue weighted by molar-refractivity contribution is 0.602. The Morgan fingerprint density at radius 2 is 1.94 bits per heavy atom. The van der Waals surface area contributed by atoms with Crippen LogP contribution in [-0.4, -0.2) is 14.2 Å². The van der Waals surface area contributed by atoms with Crippen LogP contribution in [0, 0.1) is 0 Å². The van der Waals surface area contributed by atoms with E-state index in [1.807, 2.05) is 35.7 Å². The van der Waals surface area contributed by atoms with E-state index < -0.39 is 10.0 Å². The molecular weight excluding hydrogens is 254 g/mol. The molecule has 90 valence electrons. The Labute approximate surface area is 105 Å². The molecule has 1 N–H and O–H groups in total. The predicted molar refractivity (Wildman–Crippen MR) is 72.8 cm³/mol. The SMILES string of the molecule is CCS(=O)(=O)Nc1ccccc1-c1cccs1. The van der Waals surface area contributed by atoms with Gasteiger partial charge < -0.3 is 0 Å². The van der Waals surface area contributed by atoms with E-state index in [1.54, 1.807) is 24.3 Å². The Bertz CT molecular complexity index is 589. The Kier molecular flexibility index (Phi) is 3.49. The van der Waals surface area contributed by atoms with Crippen LogP contribution in [0.3, 0.4) is 0 Å². The summed E-state index contributed by atoms with van der Waals surface area (Å²) in [6.07, 6.45) is 0. The van der Waals surface area contributed by atoms with Gasteiger partial charge in [0.1, 0.15) is 0 Å². The van der Waals surface area contributed by atoms with E-state index in [-0.39, 0.29) is 5.75 Å². The van der Waals surface area contributed by atoms with Crippen molar-refractivity contribution >= 4 is 27.0 Å². The average molecular weight is 267 g/mol. The molecular formula is C12H13NO2S2. The van der Waals surface area contributed by atoms with Crippen molar-refractivity contribution in [1.29, 1.82) is 0 Å². The number of nitrogens with one attached hydrogen (secondary N) is 1. The first kappa shape index (κ1) is 12.1. The normalized spacial score (nSPS) is 11.4. The number of sulfonamides is 1. The second-order valence-corrected chi connectivity index (χ2v) is 6.49. The van der Waals surface area contributed by atoms with Gasteiger partial charge in [-0.15, -0.1) is 11.3 Å². The van der Waals surface area contributed by atoms with Crippen molar-refractivity contribution in [2.45, 2.75) is 6.92 Å². The Balaban J connectivity index is 2.42. The van der Waals surface area contributed by atoms with Crippen molar-refractivity contribution in [3.05, 3.63) is 41.8 Å². The van der Waals surface area contributed by atoms with Crippen LogP contribution in [0.15, 0.2) is 41.8 Å². The average Bonchev–Trinajstić information content (AvgIpc) is 2.83. The van der Waals surface area contributed by atoms with Crippen LogP contribution in [0.1, 0.15) is 6.92 Å². The van der Waals surface area contributed by atoms with E-state index in [4.69, 9.17) is 0 Å². The van der Waals surface area contributed by atoms with Gasteiger partial charge in [-0.3, -0.25) is 4.72 Å². The standard InChI is InChI=1S/C12H13NO2S2/c1-2-17(14,15)13-11-7-4-3-6-10(11)12-8-5-9-16-12/h3-9,13H,2H2,1H3. The summed E-state index contributed by atoms with van der Waals surface area (Å²) in [4.78, 5) is 1.06. The second kappa shape index (κ2) is 4.89. The highest BCUT2D eigenvalue weighted by molar-refractivity contribution is 7.92. The van der Waals surface area contributed by atoms with Gasteiger partial charge in [0.2, 0.25) is 10.0 Å². The van der Waals surface area contributed by atoms with E-state index in [0.717, 1.165) is 10.4 Å². The van der Waals surface area contributed by atoms with Gasteiger partial charge in [0.15, 0.2) is 0 Å². The molecule has 5 heteroatoms. The lowest BCUT2D eigenvalue weighted by Gasteiger charge is -2.10. The molecule has 0 saturated carbocycles. The molecule has 0 amide bonds. The first-order valence-electron chi connectivity index (χ1n) is 5.26. The van der Waals surface area contributed by atoms with Gasteiger partial charge in [-0.1, -0.05) is 24.3 Å². The summed E-state index contributed by atoms with van der Waals surface area (Å²) in [7, 11) is -3.23. The molecule has 0 saturated heterocycles. The number of hydrogen-bond acceptors (Lipinski definition) is 3. The maximum atomic E-state index is 11.6. The van der Waals surface area contributed by atoms with Gasteiger partial charge in [0.05, 0.1) is 11.4 Å². The fraction of sp³-hybridized carbons (Fsp3) is 0.167. The zero-order chi connectivity index (χ0) is 12.3. The van der Waals surface area contributed by atoms with Gasteiger partial charge in [-0.25, -0.2) is 8.42 Å². The van der Waals surface area contributed by atoms with Crippen LogP contribution in [0.2, 0.25) is 0 Å². The predicted octanol–water partition coefficient (Wildman–Crippen LogP) is 3.18. The zero-order valence-electron chi connectivity index (χ0n) is 9.38. The molecule has 0 bridgehead atoms. The Morgan fingerprint density at radius 3 is 2.59 bits per heavy atom. The van der Waals surface area contributed by atoms with E-state index in [1.165, 1.54) is 0 Å². The summed E-state index contributed by atoms with van der Waals surface area (Å²) in [5.74, 6) is 0.0752. The molecule has 3 nitrogen and oxygen atoms in total. The molecule has 0 unspecified atom stereocenters. The lowest BCUT2D eigenvalue weighted by Crippen LogP contribution is -2.15. The molecule has 2 rings (SSSR count). The monoisotopic (exact) mass is 267 g/mol. The molecule has 1 aromatic carbocycles. The van der Waals surface area contributed by atoms with Crippen LogP contribution >= 0.6 is 11.3 Å². The van der Waals surface area contributed by atoms with Crippen molar-refractivity contribution in [3.8, 4) is 10.4 Å². The summed E-state index contributed by atoms with van der Waals surface area (Å²) < 4.78 is 25.8. The number of anilines is 1. The molecule has 17 heavy (non-hydrogen) atoms. The summed E-state index contributed by atoms with van der Waals surface area (Å²) in [5.41, 5.74) is 1.55. The van der Waals surface area contributed by atoms with Crippen LogP contribution < -0.4 is 4.72 Å². The first-order chi connectivity index (χ1) is 8.12. The molecule has 0 fully saturated rings. The minimum atomic E-state index is -3.23. The Morgan fingerprint density at radius 1 is 1.18 bits per heavy atom. The number of hydrogen-bond donors (Lipinski definition) is 1. The molecule has 0 spiro atoms. The first-order valence-corrected chi connectivity index (χ1v) is 7.79. The van der Waals surface area contributed by atoms with Crippen LogP contribution in [-0.2, 0) is 10.0 Å². The number of benzene rings is 1. The van der Waals surface area contributed by atoms with Crippen molar-refractivity contribution < 1.29 is 8.42 Å². The van der Waals surface area contributed by atoms with E-state index in [2.05, 4.69) is 4.72 Å². The molecule has 0 aliphatic heterocycles. The smallest absolute Gasteiger partial charge is 0.232 e. The van der Waals surface area contributed by atoms with E-state index >= 15 is 0 Å². The van der Waals surface area contributed by atoms with Crippen molar-refractivity contribution in [2.75, 3.05) is 10.5 Å². The lowest BCUT2D eigenvalue weighted by atomic mass is 10.1. The van der Waals surface area contributed by atoms with E-state index in [9.17, 15) is 8.42 Å². The van der Waals surface area contributed by atoms with Gasteiger partial charge in [0.25, 0.3) is 0 Å². The third kappa shape index (κ3) is 2.87. The minimum Gasteiger partial charge on any atom is -0.283 e. The number of rotatable bonds is 4. The van der Waals surface area contributed by atoms with Gasteiger partial charge in [-0.2, -0.15) is 0 Å². The molecule has 0 aliphatic carbocycles. The zero-order valence-corrected chi connectivity index (χ0v) is 11.0. The van der Waals surface area contributed by atoms with E-state index in [0.29, 0.717) is 5.69 Å². The minimum absolute atomic E-state index is 0.0752. The number of para-hydroxylation sites is 1. The molecule has 1 heterocycles. The highest BCUT2D eigenvalue weighted by atomic mass is 32.2. The fourth-order valence-electron chi connectivity index (χ4n) is 1.46. The third-order valence-electron chi connectivity index (χ3n) is 2.36. The van der Waals surface area contributed by atoms with Gasteiger partial charge >= 0.3 is 0 Å². The molecule has 2 aromatic rings. The summed E-state index contributed by atoms with van der Waals surface area (Å²) in [6, 6.07) is 11.3. The van der Waals surface area contributed by atoms with Crippen LogP contribution in [0.25, 0.3) is 10.4 Å². The maximum Gasteiger partial charge on any atom is 0.232 e. The quantitative estimate of drug-likeness (QED) is 0.924. The largest absolute Gasteiger partial charge is 0.283 e. The topological polar surface area (TPSA) is 46.2 Å². The molecule has 0 aliphatic rings. The van der Waals surface area contributed by atoms with Crippen molar-refractivity contribution in [2.24, 2.45) is 0 Å². The van der Waals surface area contributed by atoms with Crippen molar-refractivity contribution in [1.82, 2.24) is 0 Å². The summed E-state index contributed by atoms with van der Waals surface area (Å²) in [5, 5.41) is 1.97. The van der Waals surface area contributed by atoms with Gasteiger partial charge in [-0.05, 0) is 24.4 Å². The van der Waals surface area contributed by atoms with Crippen molar-refractivity contribution in [3.63, 3.8) is 0 Å². The second-order valence-electron chi connectivity index (χ2n) is 3.53. The van der Waals surface area contributed by atoms with Gasteiger partial charge in [0, 0.05) is 10.4 Å². The molecule has 1 aromatic heterocycles. The summed E-state index contributed by atoms with van der Waals surface area (Å²) >= 11 is 1.59.